The molecule has 0 amide bonds. The van der Waals surface area contributed by atoms with Gasteiger partial charge in [-0.25, -0.2) is 0 Å². The van der Waals surface area contributed by atoms with Gasteiger partial charge in [-0.05, 0) is 19.8 Å². The Balaban J connectivity index is -0.000000120. The van der Waals surface area contributed by atoms with Crippen molar-refractivity contribution in [1.82, 2.24) is 0 Å². The van der Waals surface area contributed by atoms with Crippen LogP contribution in [0.25, 0.3) is 0 Å². The monoisotopic (exact) mass is 602 g/mol. The molecular formula is C32H67NaO8. The van der Waals surface area contributed by atoms with Crippen LogP contribution < -0.4 is 34.7 Å². The first kappa shape index (κ1) is 55.9. The van der Waals surface area contributed by atoms with Crippen LogP contribution in [0.3, 0.4) is 0 Å². The predicted octanol–water partition coefficient (Wildman–Crippen LogP) is 4.76. The van der Waals surface area contributed by atoms with Crippen LogP contribution in [0.5, 0.6) is 0 Å². The number of carbonyl (C=O) groups is 3. The number of carbonyl (C=O) groups excluding carboxylic acids is 1. The molecule has 0 saturated carbocycles. The van der Waals surface area contributed by atoms with Crippen LogP contribution in [0.4, 0.5) is 0 Å². The molecule has 244 valence electrons. The second kappa shape index (κ2) is 58.7. The average molecular weight is 603 g/mol. The van der Waals surface area contributed by atoms with Gasteiger partial charge in [0.1, 0.15) is 0 Å². The van der Waals surface area contributed by atoms with E-state index in [0.29, 0.717) is 0 Å². The Morgan fingerprint density at radius 1 is 0.537 bits per heavy atom. The van der Waals surface area contributed by atoms with E-state index in [1.807, 2.05) is 0 Å². The van der Waals surface area contributed by atoms with Crippen molar-refractivity contribution in [2.75, 3.05) is 13.2 Å². The maximum absolute atomic E-state index is 9.00. The zero-order valence-electron chi connectivity index (χ0n) is 27.9. The van der Waals surface area contributed by atoms with E-state index in [-0.39, 0.29) is 35.0 Å². The van der Waals surface area contributed by atoms with Crippen molar-refractivity contribution in [3.05, 3.63) is 13.2 Å². The zero-order chi connectivity index (χ0) is 31.0. The molecule has 0 saturated heterocycles. The van der Waals surface area contributed by atoms with Crippen molar-refractivity contribution >= 4 is 17.9 Å². The summed E-state index contributed by atoms with van der Waals surface area (Å²) in [4.78, 5) is 26.9. The molecule has 0 radical (unpaired) electrons. The number of rotatable bonds is 22. The van der Waals surface area contributed by atoms with Crippen molar-refractivity contribution < 1.29 is 69.5 Å². The third-order valence-corrected chi connectivity index (χ3v) is 5.28. The summed E-state index contributed by atoms with van der Waals surface area (Å²) in [5, 5.41) is 23.7. The van der Waals surface area contributed by atoms with Crippen molar-refractivity contribution in [2.45, 2.75) is 163 Å². The van der Waals surface area contributed by atoms with Gasteiger partial charge >= 0.3 is 29.6 Å². The molecule has 0 aromatic heterocycles. The second-order valence-electron chi connectivity index (χ2n) is 9.51. The number of hydrogen-bond donors (Lipinski definition) is 2. The van der Waals surface area contributed by atoms with E-state index in [2.05, 4.69) is 27.0 Å². The number of carboxylic acid groups (broad SMARTS) is 3. The fourth-order valence-electron chi connectivity index (χ4n) is 3.49. The van der Waals surface area contributed by atoms with Crippen molar-refractivity contribution in [1.29, 1.82) is 0 Å². The van der Waals surface area contributed by atoms with E-state index in [1.165, 1.54) is 128 Å². The van der Waals surface area contributed by atoms with Crippen LogP contribution in [0, 0.1) is 0 Å². The van der Waals surface area contributed by atoms with Gasteiger partial charge in [-0.15, -0.1) is 13.2 Å². The van der Waals surface area contributed by atoms with Crippen LogP contribution in [0.1, 0.15) is 163 Å². The molecule has 9 heteroatoms. The number of aliphatic carboxylic acids is 3. The molecule has 41 heavy (non-hydrogen) atoms. The summed E-state index contributed by atoms with van der Waals surface area (Å²) in [6.45, 7) is 15.7. The van der Waals surface area contributed by atoms with Crippen molar-refractivity contribution in [3.8, 4) is 0 Å². The summed E-state index contributed by atoms with van der Waals surface area (Å²) in [7, 11) is 0. The van der Waals surface area contributed by atoms with Crippen LogP contribution in [-0.2, 0) is 19.1 Å². The third-order valence-electron chi connectivity index (χ3n) is 5.28. The molecule has 0 heterocycles. The van der Waals surface area contributed by atoms with Crippen LogP contribution >= 0.6 is 0 Å². The Bertz CT molecular complexity index is 414. The Labute approximate surface area is 275 Å². The topological polar surface area (TPSA) is 155 Å². The van der Waals surface area contributed by atoms with E-state index in [0.717, 1.165) is 34.0 Å². The minimum Gasteiger partial charge on any atom is -0.550 e. The Morgan fingerprint density at radius 3 is 0.854 bits per heavy atom. The molecular weight excluding hydrogens is 535 g/mol. The minimum atomic E-state index is -1.08. The molecule has 0 aromatic carbocycles. The van der Waals surface area contributed by atoms with E-state index in [4.69, 9.17) is 34.4 Å². The standard InChI is InChI=1S/C24H50O.3C2H4O2.C2H4.Na.H2O/c1-3-5-7-9-11-13-15-17-19-21-23-25-24-22-20-18-16-14-12-10-8-6-4-2;3*1-2(3)4;1-2;;/h3-24H2,1-2H3;3*1H3,(H,3,4);1-2H2;;1H2/q;;;;;+1;/p-1. The van der Waals surface area contributed by atoms with Gasteiger partial charge in [-0.3, -0.25) is 9.59 Å². The normalized spacial score (nSPS) is 8.80. The fraction of sp³-hybridized carbons (Fsp3) is 0.844. The maximum Gasteiger partial charge on any atom is 1.00 e. The van der Waals surface area contributed by atoms with Gasteiger partial charge in [0.15, 0.2) is 0 Å². The van der Waals surface area contributed by atoms with E-state index < -0.39 is 17.9 Å². The number of hydrogen-bond acceptors (Lipinski definition) is 5. The summed E-state index contributed by atoms with van der Waals surface area (Å²) >= 11 is 0. The van der Waals surface area contributed by atoms with E-state index in [9.17, 15) is 0 Å². The number of unbranched alkanes of at least 4 members (excludes halogenated alkanes) is 18. The summed E-state index contributed by atoms with van der Waals surface area (Å²) in [5.41, 5.74) is 0. The molecule has 0 aromatic rings. The molecule has 0 rings (SSSR count). The largest absolute Gasteiger partial charge is 1.00 e. The predicted molar refractivity (Wildman–Crippen MR) is 167 cm³/mol. The van der Waals surface area contributed by atoms with E-state index >= 15 is 0 Å². The summed E-state index contributed by atoms with van der Waals surface area (Å²) in [5.74, 6) is -2.75. The molecule has 0 fully saturated rings. The molecule has 8 nitrogen and oxygen atoms in total. The van der Waals surface area contributed by atoms with Crippen molar-refractivity contribution in [3.63, 3.8) is 0 Å². The number of ether oxygens (including phenoxy) is 1. The fourth-order valence-corrected chi connectivity index (χ4v) is 3.49. The molecule has 4 N–H and O–H groups in total. The molecule has 0 spiro atoms. The minimum absolute atomic E-state index is 0. The Kier molecular flexibility index (Phi) is 80.0. The van der Waals surface area contributed by atoms with Gasteiger partial charge in [0.25, 0.3) is 11.9 Å². The first-order valence-corrected chi connectivity index (χ1v) is 15.3. The molecule has 0 aliphatic rings. The first-order chi connectivity index (χ1) is 18.6. The summed E-state index contributed by atoms with van der Waals surface area (Å²) in [6, 6.07) is 0. The Hall–Kier alpha value is -0.930. The molecule has 0 aliphatic carbocycles. The van der Waals surface area contributed by atoms with Gasteiger partial charge in [0.2, 0.25) is 0 Å². The van der Waals surface area contributed by atoms with Gasteiger partial charge < -0.3 is 30.3 Å². The maximum atomic E-state index is 9.00. The SMILES string of the molecule is C=C.CC(=O)O.CC(=O)O.CC(=O)[O-].CCCCCCCCCCCCOCCCCCCCCCCCC.O.[Na+]. The van der Waals surface area contributed by atoms with E-state index in [1.54, 1.807) is 0 Å². The smallest absolute Gasteiger partial charge is 0.550 e. The Morgan fingerprint density at radius 2 is 0.683 bits per heavy atom. The van der Waals surface area contributed by atoms with Gasteiger partial charge in [0, 0.05) is 33.0 Å². The summed E-state index contributed by atoms with van der Waals surface area (Å²) in [6.07, 6.45) is 28.2. The zero-order valence-corrected chi connectivity index (χ0v) is 29.9. The average Bonchev–Trinajstić information content (AvgIpc) is 2.85. The third kappa shape index (κ3) is 121. The van der Waals surface area contributed by atoms with Crippen molar-refractivity contribution in [2.24, 2.45) is 0 Å². The van der Waals surface area contributed by atoms with Crippen LogP contribution in [0.2, 0.25) is 0 Å². The van der Waals surface area contributed by atoms with Gasteiger partial charge in [-0.1, -0.05) is 129 Å². The van der Waals surface area contributed by atoms with Gasteiger partial charge in [0.05, 0.1) is 0 Å². The van der Waals surface area contributed by atoms with Gasteiger partial charge in [-0.2, -0.15) is 0 Å². The molecule has 0 unspecified atom stereocenters. The van der Waals surface area contributed by atoms with Crippen LogP contribution in [-0.4, -0.2) is 46.8 Å². The summed E-state index contributed by atoms with van der Waals surface area (Å²) < 4.78 is 5.78. The van der Waals surface area contributed by atoms with Crippen LogP contribution in [0.15, 0.2) is 13.2 Å². The quantitative estimate of drug-likeness (QED) is 0.103. The molecule has 0 atom stereocenters. The molecule has 0 bridgehead atoms. The molecule has 0 aliphatic heterocycles. The second-order valence-corrected chi connectivity index (χ2v) is 9.51. The first-order valence-electron chi connectivity index (χ1n) is 15.3. The number of carboxylic acids is 3.